The van der Waals surface area contributed by atoms with Crippen LogP contribution < -0.4 is 5.73 Å². The second kappa shape index (κ2) is 5.56. The van der Waals surface area contributed by atoms with Crippen LogP contribution in [0.3, 0.4) is 0 Å². The van der Waals surface area contributed by atoms with Crippen molar-refractivity contribution in [2.75, 3.05) is 12.3 Å². The van der Waals surface area contributed by atoms with Crippen LogP contribution in [0, 0.1) is 17.8 Å². The van der Waals surface area contributed by atoms with Crippen molar-refractivity contribution < 1.29 is 14.7 Å². The van der Waals surface area contributed by atoms with Crippen LogP contribution in [0.15, 0.2) is 0 Å². The Bertz CT molecular complexity index is 413. The van der Waals surface area contributed by atoms with Crippen LogP contribution in [0.4, 0.5) is 0 Å². The van der Waals surface area contributed by atoms with E-state index >= 15 is 0 Å². The summed E-state index contributed by atoms with van der Waals surface area (Å²) in [6.07, 6.45) is 5.15. The quantitative estimate of drug-likeness (QED) is 0.813. The van der Waals surface area contributed by atoms with Crippen LogP contribution in [0.5, 0.6) is 0 Å². The predicted octanol–water partition coefficient (Wildman–Crippen LogP) is 1.13. The van der Waals surface area contributed by atoms with E-state index in [1.54, 1.807) is 16.7 Å². The minimum atomic E-state index is -0.865. The Morgan fingerprint density at radius 3 is 2.60 bits per heavy atom. The molecule has 4 atom stereocenters. The minimum absolute atomic E-state index is 0.0484. The third kappa shape index (κ3) is 2.44. The maximum absolute atomic E-state index is 12.9. The molecule has 1 aliphatic heterocycles. The molecule has 0 aromatic carbocycles. The summed E-state index contributed by atoms with van der Waals surface area (Å²) in [6.45, 7) is 0.531. The number of carbonyl (C=O) groups is 2. The van der Waals surface area contributed by atoms with Crippen molar-refractivity contribution in [1.29, 1.82) is 0 Å². The summed E-state index contributed by atoms with van der Waals surface area (Å²) < 4.78 is 0. The lowest BCUT2D eigenvalue weighted by atomic mass is 9.94. The molecule has 2 saturated carbocycles. The van der Waals surface area contributed by atoms with Crippen LogP contribution in [0.1, 0.15) is 32.1 Å². The lowest BCUT2D eigenvalue weighted by Gasteiger charge is -2.31. The second-order valence-electron chi connectivity index (χ2n) is 6.19. The van der Waals surface area contributed by atoms with E-state index in [2.05, 4.69) is 0 Å². The molecule has 2 aliphatic carbocycles. The highest BCUT2D eigenvalue weighted by molar-refractivity contribution is 8.00. The van der Waals surface area contributed by atoms with Crippen molar-refractivity contribution in [2.24, 2.45) is 23.5 Å². The Balaban J connectivity index is 1.79. The molecule has 20 heavy (non-hydrogen) atoms. The highest BCUT2D eigenvalue weighted by Gasteiger charge is 2.50. The van der Waals surface area contributed by atoms with Crippen molar-refractivity contribution >= 4 is 23.6 Å². The van der Waals surface area contributed by atoms with E-state index in [4.69, 9.17) is 5.73 Å². The molecule has 4 unspecified atom stereocenters. The molecule has 3 rings (SSSR count). The van der Waals surface area contributed by atoms with E-state index < -0.39 is 12.0 Å². The molecule has 3 aliphatic rings. The van der Waals surface area contributed by atoms with Gasteiger partial charge in [-0.2, -0.15) is 0 Å². The summed E-state index contributed by atoms with van der Waals surface area (Å²) in [5, 5.41) is 9.47. The second-order valence-corrected chi connectivity index (χ2v) is 7.34. The van der Waals surface area contributed by atoms with Gasteiger partial charge in [-0.1, -0.05) is 6.42 Å². The number of rotatable bonds is 4. The third-order valence-electron chi connectivity index (χ3n) is 4.88. The minimum Gasteiger partial charge on any atom is -0.480 e. The summed E-state index contributed by atoms with van der Waals surface area (Å²) in [7, 11) is 0. The molecule has 112 valence electrons. The molecule has 1 heterocycles. The summed E-state index contributed by atoms with van der Waals surface area (Å²) in [4.78, 5) is 26.0. The fourth-order valence-corrected chi connectivity index (χ4v) is 5.22. The first-order chi connectivity index (χ1) is 9.63. The standard InChI is InChI=1S/C14H22N2O3S/c15-6-9-2-1-3-10(9)12(17)16-11(14(18)19)7-20-13(16)8-4-5-8/h8-11,13H,1-7,15H2,(H,18,19). The third-order valence-corrected chi connectivity index (χ3v) is 6.34. The molecule has 0 aromatic heterocycles. The molecule has 0 radical (unpaired) electrons. The zero-order valence-electron chi connectivity index (χ0n) is 11.5. The van der Waals surface area contributed by atoms with Gasteiger partial charge in [-0.3, -0.25) is 4.79 Å². The maximum atomic E-state index is 12.9. The van der Waals surface area contributed by atoms with Crippen molar-refractivity contribution in [1.82, 2.24) is 4.90 Å². The molecule has 0 bridgehead atoms. The average Bonchev–Trinajstić information content (AvgIpc) is 3.02. The average molecular weight is 298 g/mol. The van der Waals surface area contributed by atoms with Crippen molar-refractivity contribution in [3.8, 4) is 0 Å². The molecule has 1 amide bonds. The van der Waals surface area contributed by atoms with Crippen LogP contribution in [0.2, 0.25) is 0 Å². The Morgan fingerprint density at radius 1 is 1.25 bits per heavy atom. The van der Waals surface area contributed by atoms with E-state index in [1.807, 2.05) is 0 Å². The molecule has 1 saturated heterocycles. The fourth-order valence-electron chi connectivity index (χ4n) is 3.58. The monoisotopic (exact) mass is 298 g/mol. The normalized spacial score (nSPS) is 37.4. The first-order valence-electron chi connectivity index (χ1n) is 7.50. The van der Waals surface area contributed by atoms with Gasteiger partial charge in [0.15, 0.2) is 0 Å². The van der Waals surface area contributed by atoms with Gasteiger partial charge < -0.3 is 15.7 Å². The molecule has 0 spiro atoms. The number of nitrogens with two attached hydrogens (primary N) is 1. The fraction of sp³-hybridized carbons (Fsp3) is 0.857. The van der Waals surface area contributed by atoms with E-state index in [1.165, 1.54) is 0 Å². The van der Waals surface area contributed by atoms with Gasteiger partial charge in [0.25, 0.3) is 0 Å². The van der Waals surface area contributed by atoms with E-state index in [0.29, 0.717) is 18.2 Å². The molecular formula is C14H22N2O3S. The van der Waals surface area contributed by atoms with Gasteiger partial charge in [0.05, 0.1) is 5.37 Å². The number of hydrogen-bond donors (Lipinski definition) is 2. The van der Waals surface area contributed by atoms with Crippen LogP contribution in [-0.2, 0) is 9.59 Å². The first kappa shape index (κ1) is 14.2. The summed E-state index contributed by atoms with van der Waals surface area (Å²) >= 11 is 1.65. The Labute approximate surface area is 123 Å². The Morgan fingerprint density at radius 2 is 2.00 bits per heavy atom. The number of carboxylic acid groups (broad SMARTS) is 1. The first-order valence-corrected chi connectivity index (χ1v) is 8.55. The van der Waals surface area contributed by atoms with Gasteiger partial charge in [0.2, 0.25) is 5.91 Å². The smallest absolute Gasteiger partial charge is 0.327 e. The van der Waals surface area contributed by atoms with Gasteiger partial charge >= 0.3 is 5.97 Å². The zero-order valence-corrected chi connectivity index (χ0v) is 12.3. The van der Waals surface area contributed by atoms with Gasteiger partial charge in [0, 0.05) is 11.7 Å². The van der Waals surface area contributed by atoms with Gasteiger partial charge in [-0.25, -0.2) is 4.79 Å². The van der Waals surface area contributed by atoms with Crippen LogP contribution in [0.25, 0.3) is 0 Å². The number of thioether (sulfide) groups is 1. The van der Waals surface area contributed by atoms with Crippen LogP contribution >= 0.6 is 11.8 Å². The lowest BCUT2D eigenvalue weighted by molar-refractivity contribution is -0.151. The van der Waals surface area contributed by atoms with Gasteiger partial charge in [-0.15, -0.1) is 11.8 Å². The highest BCUT2D eigenvalue weighted by atomic mass is 32.2. The molecule has 0 aromatic rings. The number of nitrogens with zero attached hydrogens (tertiary/aromatic N) is 1. The molecule has 3 N–H and O–H groups in total. The topological polar surface area (TPSA) is 83.6 Å². The van der Waals surface area contributed by atoms with Crippen molar-refractivity contribution in [3.63, 3.8) is 0 Å². The van der Waals surface area contributed by atoms with E-state index in [9.17, 15) is 14.7 Å². The number of carboxylic acids is 1. The Hall–Kier alpha value is -0.750. The van der Waals surface area contributed by atoms with Crippen LogP contribution in [-0.4, -0.2) is 45.6 Å². The number of hydrogen-bond acceptors (Lipinski definition) is 4. The van der Waals surface area contributed by atoms with E-state index in [0.717, 1.165) is 32.1 Å². The highest BCUT2D eigenvalue weighted by Crippen LogP contribution is 2.47. The SMILES string of the molecule is NCC1CCCC1C(=O)N1C(C(=O)O)CSC1C1CC1. The summed E-state index contributed by atoms with van der Waals surface area (Å²) in [5.74, 6) is 0.404. The molecule has 6 heteroatoms. The molecular weight excluding hydrogens is 276 g/mol. The van der Waals surface area contributed by atoms with E-state index in [-0.39, 0.29) is 23.1 Å². The lowest BCUT2D eigenvalue weighted by Crippen LogP contribution is -2.49. The number of aliphatic carboxylic acids is 1. The predicted molar refractivity (Wildman–Crippen MR) is 77.1 cm³/mol. The van der Waals surface area contributed by atoms with Gasteiger partial charge in [-0.05, 0) is 44.1 Å². The van der Waals surface area contributed by atoms with Crippen molar-refractivity contribution in [2.45, 2.75) is 43.5 Å². The maximum Gasteiger partial charge on any atom is 0.327 e. The Kier molecular flexibility index (Phi) is 3.95. The number of carbonyl (C=O) groups excluding carboxylic acids is 1. The van der Waals surface area contributed by atoms with Crippen molar-refractivity contribution in [3.05, 3.63) is 0 Å². The zero-order chi connectivity index (χ0) is 14.3. The largest absolute Gasteiger partial charge is 0.480 e. The molecule has 3 fully saturated rings. The molecule has 5 nitrogen and oxygen atoms in total. The summed E-state index contributed by atoms with van der Waals surface area (Å²) in [6, 6.07) is -0.642. The number of amides is 1. The summed E-state index contributed by atoms with van der Waals surface area (Å²) in [5.41, 5.74) is 5.77. The van der Waals surface area contributed by atoms with Gasteiger partial charge in [0.1, 0.15) is 6.04 Å².